The number of aliphatic imine (C=N–C) groups is 1. The number of rotatable bonds is 2. The van der Waals surface area contributed by atoms with Crippen LogP contribution in [-0.2, 0) is 16.0 Å². The molecule has 0 amide bonds. The van der Waals surface area contributed by atoms with Gasteiger partial charge in [0.25, 0.3) is 0 Å². The second kappa shape index (κ2) is 4.23. The first-order chi connectivity index (χ1) is 8.74. The Kier molecular flexibility index (Phi) is 2.69. The van der Waals surface area contributed by atoms with Crippen molar-refractivity contribution in [3.8, 4) is 0 Å². The van der Waals surface area contributed by atoms with Crippen LogP contribution >= 0.6 is 0 Å². The summed E-state index contributed by atoms with van der Waals surface area (Å²) < 4.78 is 5.13. The van der Waals surface area contributed by atoms with Crippen LogP contribution in [0, 0.1) is 0 Å². The van der Waals surface area contributed by atoms with Gasteiger partial charge in [0, 0.05) is 5.56 Å². The molecule has 0 N–H and O–H groups in total. The minimum absolute atomic E-state index is 0.0174. The third kappa shape index (κ3) is 1.74. The van der Waals surface area contributed by atoms with E-state index in [1.807, 2.05) is 25.1 Å². The van der Waals surface area contributed by atoms with Gasteiger partial charge in [-0.2, -0.15) is 0 Å². The predicted octanol–water partition coefficient (Wildman–Crippen LogP) is 2.52. The number of esters is 1. The highest BCUT2D eigenvalue weighted by Crippen LogP contribution is 2.42. The van der Waals surface area contributed by atoms with Crippen LogP contribution < -0.4 is 0 Å². The Labute approximate surface area is 107 Å². The molecule has 1 fully saturated rings. The van der Waals surface area contributed by atoms with Gasteiger partial charge in [-0.3, -0.25) is 4.99 Å². The fourth-order valence-corrected chi connectivity index (χ4v) is 2.83. The standard InChI is InChI=1S/C15H17NO2/c1-2-18-14(17)13-12-7-4-3-6-11(12)10-15(16-13)8-5-9-15/h3-4,6-7H,2,5,8-10H2,1H3. The van der Waals surface area contributed by atoms with E-state index in [1.165, 1.54) is 12.0 Å². The van der Waals surface area contributed by atoms with Gasteiger partial charge in [-0.25, -0.2) is 4.79 Å². The summed E-state index contributed by atoms with van der Waals surface area (Å²) in [6, 6.07) is 8.05. The molecular weight excluding hydrogens is 226 g/mol. The summed E-state index contributed by atoms with van der Waals surface area (Å²) >= 11 is 0. The molecule has 3 nitrogen and oxygen atoms in total. The van der Waals surface area contributed by atoms with Crippen LogP contribution in [0.4, 0.5) is 0 Å². The van der Waals surface area contributed by atoms with E-state index in [2.05, 4.69) is 6.07 Å². The van der Waals surface area contributed by atoms with Gasteiger partial charge in [-0.05, 0) is 38.2 Å². The Balaban J connectivity index is 2.04. The van der Waals surface area contributed by atoms with Crippen molar-refractivity contribution in [3.05, 3.63) is 35.4 Å². The van der Waals surface area contributed by atoms with Crippen LogP contribution in [0.3, 0.4) is 0 Å². The van der Waals surface area contributed by atoms with E-state index in [-0.39, 0.29) is 11.5 Å². The van der Waals surface area contributed by atoms with Crippen LogP contribution in [0.15, 0.2) is 29.3 Å². The zero-order valence-electron chi connectivity index (χ0n) is 10.6. The third-order valence-electron chi connectivity index (χ3n) is 3.89. The highest BCUT2D eigenvalue weighted by Gasteiger charge is 2.41. The molecule has 1 aromatic carbocycles. The Bertz CT molecular complexity index is 515. The van der Waals surface area contributed by atoms with Crippen molar-refractivity contribution in [2.45, 2.75) is 38.1 Å². The van der Waals surface area contributed by atoms with E-state index in [0.29, 0.717) is 12.3 Å². The summed E-state index contributed by atoms with van der Waals surface area (Å²) in [4.78, 5) is 16.8. The lowest BCUT2D eigenvalue weighted by Crippen LogP contribution is -2.43. The first-order valence-electron chi connectivity index (χ1n) is 6.59. The molecule has 0 saturated heterocycles. The van der Waals surface area contributed by atoms with Gasteiger partial charge in [-0.1, -0.05) is 24.3 Å². The minimum atomic E-state index is -0.282. The average Bonchev–Trinajstić information content (AvgIpc) is 2.36. The molecule has 0 unspecified atom stereocenters. The van der Waals surface area contributed by atoms with Crippen LogP contribution in [0.25, 0.3) is 0 Å². The first-order valence-corrected chi connectivity index (χ1v) is 6.59. The number of ether oxygens (including phenoxy) is 1. The fraction of sp³-hybridized carbons (Fsp3) is 0.467. The minimum Gasteiger partial charge on any atom is -0.461 e. The summed E-state index contributed by atoms with van der Waals surface area (Å²) in [6.45, 7) is 2.22. The molecule has 1 spiro atoms. The molecular formula is C15H17NO2. The average molecular weight is 243 g/mol. The van der Waals surface area contributed by atoms with Crippen LogP contribution in [-0.4, -0.2) is 23.8 Å². The Morgan fingerprint density at radius 3 is 2.83 bits per heavy atom. The zero-order valence-corrected chi connectivity index (χ0v) is 10.6. The molecule has 1 aromatic rings. The van der Waals surface area contributed by atoms with Gasteiger partial charge in [-0.15, -0.1) is 0 Å². The number of fused-ring (bicyclic) bond motifs is 1. The molecule has 18 heavy (non-hydrogen) atoms. The Hall–Kier alpha value is -1.64. The lowest BCUT2D eigenvalue weighted by atomic mass is 9.70. The monoisotopic (exact) mass is 243 g/mol. The second-order valence-electron chi connectivity index (χ2n) is 5.09. The molecule has 0 atom stereocenters. The largest absolute Gasteiger partial charge is 0.461 e. The topological polar surface area (TPSA) is 38.7 Å². The summed E-state index contributed by atoms with van der Waals surface area (Å²) in [7, 11) is 0. The first kappa shape index (κ1) is 11.5. The van der Waals surface area contributed by atoms with E-state index in [9.17, 15) is 4.79 Å². The summed E-state index contributed by atoms with van der Waals surface area (Å²) in [5.74, 6) is -0.282. The number of hydrogen-bond acceptors (Lipinski definition) is 3. The van der Waals surface area contributed by atoms with Gasteiger partial charge in [0.15, 0.2) is 5.71 Å². The van der Waals surface area contributed by atoms with Gasteiger partial charge >= 0.3 is 5.97 Å². The normalized spacial score (nSPS) is 19.7. The molecule has 1 saturated carbocycles. The van der Waals surface area contributed by atoms with Gasteiger partial charge in [0.1, 0.15) is 0 Å². The van der Waals surface area contributed by atoms with Crippen molar-refractivity contribution >= 4 is 11.7 Å². The van der Waals surface area contributed by atoms with Crippen molar-refractivity contribution in [1.29, 1.82) is 0 Å². The molecule has 3 heteroatoms. The number of nitrogens with zero attached hydrogens (tertiary/aromatic N) is 1. The molecule has 0 bridgehead atoms. The van der Waals surface area contributed by atoms with E-state index in [0.717, 1.165) is 24.8 Å². The summed E-state index contributed by atoms with van der Waals surface area (Å²) in [5, 5.41) is 0. The highest BCUT2D eigenvalue weighted by molar-refractivity contribution is 6.44. The molecule has 0 radical (unpaired) electrons. The number of benzene rings is 1. The number of carbonyl (C=O) groups excluding carboxylic acids is 1. The van der Waals surface area contributed by atoms with Gasteiger partial charge < -0.3 is 4.74 Å². The lowest BCUT2D eigenvalue weighted by molar-refractivity contribution is -0.135. The van der Waals surface area contributed by atoms with E-state index in [1.54, 1.807) is 0 Å². The van der Waals surface area contributed by atoms with Crippen molar-refractivity contribution in [2.24, 2.45) is 4.99 Å². The molecule has 94 valence electrons. The second-order valence-corrected chi connectivity index (χ2v) is 5.09. The molecule has 1 heterocycles. The number of hydrogen-bond donors (Lipinski definition) is 0. The maximum atomic E-state index is 12.0. The summed E-state index contributed by atoms with van der Waals surface area (Å²) in [5.41, 5.74) is 2.69. The quantitative estimate of drug-likeness (QED) is 0.749. The molecule has 1 aliphatic heterocycles. The van der Waals surface area contributed by atoms with Crippen molar-refractivity contribution in [1.82, 2.24) is 0 Å². The molecule has 0 aromatic heterocycles. The summed E-state index contributed by atoms with van der Waals surface area (Å²) in [6.07, 6.45) is 4.35. The van der Waals surface area contributed by atoms with Crippen molar-refractivity contribution < 1.29 is 9.53 Å². The number of carbonyl (C=O) groups is 1. The zero-order chi connectivity index (χ0) is 12.6. The highest BCUT2D eigenvalue weighted by atomic mass is 16.5. The van der Waals surface area contributed by atoms with Crippen LogP contribution in [0.5, 0.6) is 0 Å². The molecule has 2 aliphatic rings. The fourth-order valence-electron chi connectivity index (χ4n) is 2.83. The van der Waals surface area contributed by atoms with Crippen LogP contribution in [0.2, 0.25) is 0 Å². The van der Waals surface area contributed by atoms with E-state index >= 15 is 0 Å². The van der Waals surface area contributed by atoms with E-state index < -0.39 is 0 Å². The van der Waals surface area contributed by atoms with Crippen molar-refractivity contribution in [3.63, 3.8) is 0 Å². The maximum absolute atomic E-state index is 12.0. The smallest absolute Gasteiger partial charge is 0.357 e. The Morgan fingerprint density at radius 2 is 2.17 bits per heavy atom. The maximum Gasteiger partial charge on any atom is 0.357 e. The molecule has 3 rings (SSSR count). The SMILES string of the molecule is CCOC(=O)C1=NC2(CCC2)Cc2ccccc21. The van der Waals surface area contributed by atoms with E-state index in [4.69, 9.17) is 9.73 Å². The van der Waals surface area contributed by atoms with Gasteiger partial charge in [0.2, 0.25) is 0 Å². The molecule has 1 aliphatic carbocycles. The third-order valence-corrected chi connectivity index (χ3v) is 3.89. The Morgan fingerprint density at radius 1 is 1.39 bits per heavy atom. The van der Waals surface area contributed by atoms with Crippen LogP contribution in [0.1, 0.15) is 37.3 Å². The lowest BCUT2D eigenvalue weighted by Gasteiger charge is -2.41. The van der Waals surface area contributed by atoms with Crippen molar-refractivity contribution in [2.75, 3.05) is 6.61 Å². The predicted molar refractivity (Wildman–Crippen MR) is 69.9 cm³/mol. The van der Waals surface area contributed by atoms with Gasteiger partial charge in [0.05, 0.1) is 12.1 Å².